The fourth-order valence-electron chi connectivity index (χ4n) is 5.16. The van der Waals surface area contributed by atoms with Crippen LogP contribution in [0.5, 0.6) is 0 Å². The van der Waals surface area contributed by atoms with Crippen LogP contribution in [0.1, 0.15) is 23.6 Å². The summed E-state index contributed by atoms with van der Waals surface area (Å²) in [6, 6.07) is 7.35. The van der Waals surface area contributed by atoms with Crippen molar-refractivity contribution in [2.45, 2.75) is 44.3 Å². The van der Waals surface area contributed by atoms with Crippen LogP contribution in [0, 0.1) is 5.82 Å². The number of fused-ring (bicyclic) bond motifs is 2. The topological polar surface area (TPSA) is 128 Å². The van der Waals surface area contributed by atoms with E-state index in [4.69, 9.17) is 10.5 Å². The molecule has 220 valence electrons. The zero-order valence-corrected chi connectivity index (χ0v) is 22.2. The molecule has 1 aliphatic heterocycles. The number of nitrogens with zero attached hydrogens (tertiary/aromatic N) is 4. The van der Waals surface area contributed by atoms with Gasteiger partial charge < -0.3 is 20.3 Å². The number of primary amides is 1. The smallest absolute Gasteiger partial charge is 0.368 e. The monoisotopic (exact) mass is 587 g/mol. The van der Waals surface area contributed by atoms with E-state index in [-0.39, 0.29) is 24.1 Å². The Morgan fingerprint density at radius 2 is 1.83 bits per heavy atom. The maximum atomic E-state index is 13.7. The highest BCUT2D eigenvalue weighted by Gasteiger charge is 2.59. The summed E-state index contributed by atoms with van der Waals surface area (Å²) in [5, 5.41) is 4.07. The van der Waals surface area contributed by atoms with Crippen molar-refractivity contribution in [2.24, 2.45) is 5.73 Å². The van der Waals surface area contributed by atoms with E-state index in [2.05, 4.69) is 5.10 Å². The molecule has 2 heterocycles. The fourth-order valence-corrected chi connectivity index (χ4v) is 5.16. The molecule has 2 N–H and O–H groups in total. The van der Waals surface area contributed by atoms with Crippen LogP contribution in [0.15, 0.2) is 54.9 Å². The molecule has 2 aliphatic rings. The Kier molecular flexibility index (Phi) is 7.35. The maximum Gasteiger partial charge on any atom is 0.408 e. The number of hydrogen-bond donors (Lipinski definition) is 1. The molecule has 2 aromatic carbocycles. The highest BCUT2D eigenvalue weighted by atomic mass is 19.4. The Bertz CT molecular complexity index is 1570. The van der Waals surface area contributed by atoms with Gasteiger partial charge in [0.25, 0.3) is 5.91 Å². The number of halogens is 4. The van der Waals surface area contributed by atoms with Gasteiger partial charge in [-0.1, -0.05) is 30.3 Å². The van der Waals surface area contributed by atoms with E-state index < -0.39 is 67.0 Å². The second kappa shape index (κ2) is 10.7. The number of hydrogen-bond acceptors (Lipinski definition) is 6. The normalized spacial score (nSPS) is 18.9. The molecule has 1 fully saturated rings. The van der Waals surface area contributed by atoms with Gasteiger partial charge in [-0.25, -0.2) is 4.39 Å². The fraction of sp³-hybridized carbons (Fsp3) is 0.321. The second-order valence-corrected chi connectivity index (χ2v) is 10.2. The number of amides is 3. The lowest BCUT2D eigenvalue weighted by Gasteiger charge is -2.32. The van der Waals surface area contributed by atoms with E-state index in [1.54, 1.807) is 24.4 Å². The lowest BCUT2D eigenvalue weighted by molar-refractivity contribution is -0.187. The minimum Gasteiger partial charge on any atom is -0.368 e. The van der Waals surface area contributed by atoms with Crippen molar-refractivity contribution in [2.75, 3.05) is 13.3 Å². The quantitative estimate of drug-likeness (QED) is 0.318. The van der Waals surface area contributed by atoms with Gasteiger partial charge >= 0.3 is 6.18 Å². The number of Topliss-reactive ketones (excluding diaryl/α,β-unsaturated/α-hetero) is 1. The number of carbonyl (C=O) groups excluding carboxylic acids is 4. The summed E-state index contributed by atoms with van der Waals surface area (Å²) in [7, 11) is 0. The van der Waals surface area contributed by atoms with Gasteiger partial charge in [-0.05, 0) is 35.7 Å². The highest BCUT2D eigenvalue weighted by Crippen LogP contribution is 2.43. The molecule has 42 heavy (non-hydrogen) atoms. The van der Waals surface area contributed by atoms with Crippen molar-refractivity contribution in [1.29, 1.82) is 0 Å². The van der Waals surface area contributed by atoms with Crippen molar-refractivity contribution in [3.05, 3.63) is 77.4 Å². The van der Waals surface area contributed by atoms with Gasteiger partial charge in [-0.3, -0.25) is 23.9 Å². The van der Waals surface area contributed by atoms with Gasteiger partial charge in [0.2, 0.25) is 17.4 Å². The first kappa shape index (κ1) is 28.9. The van der Waals surface area contributed by atoms with E-state index in [1.807, 2.05) is 0 Å². The van der Waals surface area contributed by atoms with Gasteiger partial charge in [0, 0.05) is 30.3 Å². The number of ether oxygens (including phenoxy) is 1. The van der Waals surface area contributed by atoms with Crippen molar-refractivity contribution in [1.82, 2.24) is 19.6 Å². The molecule has 5 rings (SSSR count). The van der Waals surface area contributed by atoms with Gasteiger partial charge in [0.15, 0.2) is 5.78 Å². The third-order valence-corrected chi connectivity index (χ3v) is 7.39. The molecule has 3 amide bonds. The summed E-state index contributed by atoms with van der Waals surface area (Å²) >= 11 is 0. The summed E-state index contributed by atoms with van der Waals surface area (Å²) in [5.41, 5.74) is 5.53. The average Bonchev–Trinajstić information content (AvgIpc) is 3.59. The van der Waals surface area contributed by atoms with E-state index >= 15 is 0 Å². The number of nitrogens with two attached hydrogens (primary N) is 1. The minimum absolute atomic E-state index is 0.119. The zero-order chi connectivity index (χ0) is 30.4. The van der Waals surface area contributed by atoms with E-state index in [0.717, 1.165) is 24.0 Å². The van der Waals surface area contributed by atoms with Gasteiger partial charge in [0.1, 0.15) is 31.7 Å². The van der Waals surface area contributed by atoms with Crippen LogP contribution in [-0.4, -0.2) is 68.6 Å². The van der Waals surface area contributed by atoms with Crippen molar-refractivity contribution in [3.63, 3.8) is 0 Å². The van der Waals surface area contributed by atoms with Crippen LogP contribution in [0.3, 0.4) is 0 Å². The number of benzene rings is 2. The molecule has 10 nitrogen and oxygen atoms in total. The Balaban J connectivity index is 1.36. The lowest BCUT2D eigenvalue weighted by atomic mass is 9.92. The Labute approximate surface area is 236 Å². The summed E-state index contributed by atoms with van der Waals surface area (Å²) in [5.74, 6) is -3.59. The first-order valence-electron chi connectivity index (χ1n) is 12.8. The summed E-state index contributed by atoms with van der Waals surface area (Å²) in [6.07, 6.45) is -1.80. The first-order chi connectivity index (χ1) is 19.8. The molecule has 0 radical (unpaired) electrons. The largest absolute Gasteiger partial charge is 0.408 e. The molecular weight excluding hydrogens is 562 g/mol. The van der Waals surface area contributed by atoms with Gasteiger partial charge in [-0.2, -0.15) is 18.3 Å². The molecule has 14 heteroatoms. The van der Waals surface area contributed by atoms with Crippen LogP contribution in [0.25, 0.3) is 11.1 Å². The van der Waals surface area contributed by atoms with Crippen LogP contribution < -0.4 is 5.73 Å². The Hall–Kier alpha value is -4.59. The molecule has 2 atom stereocenters. The predicted molar refractivity (Wildman–Crippen MR) is 137 cm³/mol. The number of ketones is 1. The standard InChI is InChI=1S/C28H25F4N5O5/c1-16(28(30,31)32)37(11-17-2-5-21(29)6-3-17)25(40)14-35-15-42-27(26(35)41)22-7-4-18(8-19(22)9-23(27)38)20-10-34-36(12-20)13-24(33)39/h2-8,10,12,16H,9,11,13-15H2,1H3,(H2,33,39)/t16?,27-/m1/s1. The van der Waals surface area contributed by atoms with Crippen LogP contribution >= 0.6 is 0 Å². The number of carbonyl (C=O) groups is 4. The molecular formula is C28H25F4N5O5. The van der Waals surface area contributed by atoms with E-state index in [9.17, 15) is 36.7 Å². The van der Waals surface area contributed by atoms with Crippen molar-refractivity contribution >= 4 is 23.5 Å². The highest BCUT2D eigenvalue weighted by molar-refractivity contribution is 6.15. The predicted octanol–water partition coefficient (Wildman–Crippen LogP) is 2.29. The first-order valence-corrected chi connectivity index (χ1v) is 12.8. The summed E-state index contributed by atoms with van der Waals surface area (Å²) < 4.78 is 61.4. The van der Waals surface area contributed by atoms with Crippen molar-refractivity contribution in [3.8, 4) is 11.1 Å². The van der Waals surface area contributed by atoms with Gasteiger partial charge in [-0.15, -0.1) is 0 Å². The SMILES string of the molecule is CC(N(Cc1ccc(F)cc1)C(=O)CN1CO[C@]2(C(=O)Cc3cc(-c4cnn(CC(N)=O)c4)ccc32)C1=O)C(F)(F)F. The molecule has 1 spiro atoms. The molecule has 1 unspecified atom stereocenters. The molecule has 1 aliphatic carbocycles. The minimum atomic E-state index is -4.77. The van der Waals surface area contributed by atoms with Crippen LogP contribution in [0.4, 0.5) is 17.6 Å². The lowest BCUT2D eigenvalue weighted by Crippen LogP contribution is -2.51. The maximum absolute atomic E-state index is 13.7. The molecule has 0 saturated carbocycles. The van der Waals surface area contributed by atoms with E-state index in [1.165, 1.54) is 23.0 Å². The summed E-state index contributed by atoms with van der Waals surface area (Å²) in [4.78, 5) is 52.6. The third kappa shape index (κ3) is 5.24. The molecule has 1 saturated heterocycles. The summed E-state index contributed by atoms with van der Waals surface area (Å²) in [6.45, 7) is -1.03. The Morgan fingerprint density at radius 3 is 2.50 bits per heavy atom. The molecule has 0 bridgehead atoms. The third-order valence-electron chi connectivity index (χ3n) is 7.39. The number of rotatable bonds is 8. The van der Waals surface area contributed by atoms with Crippen LogP contribution in [0.2, 0.25) is 0 Å². The average molecular weight is 588 g/mol. The van der Waals surface area contributed by atoms with Crippen molar-refractivity contribution < 1.29 is 41.5 Å². The van der Waals surface area contributed by atoms with E-state index in [0.29, 0.717) is 21.6 Å². The number of aromatic nitrogens is 2. The molecule has 3 aromatic rings. The second-order valence-electron chi connectivity index (χ2n) is 10.2. The zero-order valence-electron chi connectivity index (χ0n) is 22.2. The van der Waals surface area contributed by atoms with Gasteiger partial charge in [0.05, 0.1) is 6.20 Å². The number of alkyl halides is 3. The Morgan fingerprint density at radius 1 is 1.12 bits per heavy atom. The molecule has 1 aromatic heterocycles. The van der Waals surface area contributed by atoms with Crippen LogP contribution in [-0.2, 0) is 49.0 Å².